The van der Waals surface area contributed by atoms with Crippen LogP contribution in [-0.4, -0.2) is 29.6 Å². The Balaban J connectivity index is 2.42. The van der Waals surface area contributed by atoms with Gasteiger partial charge < -0.3 is 9.64 Å². The van der Waals surface area contributed by atoms with E-state index < -0.39 is 0 Å². The Morgan fingerprint density at radius 3 is 3.00 bits per heavy atom. The summed E-state index contributed by atoms with van der Waals surface area (Å²) in [5.74, 6) is 0. The number of carbonyl (C=O) groups is 1. The van der Waals surface area contributed by atoms with Crippen LogP contribution in [0, 0.1) is 0 Å². The number of ether oxygens (including phenoxy) is 1. The second-order valence-corrected chi connectivity index (χ2v) is 3.28. The van der Waals surface area contributed by atoms with E-state index >= 15 is 0 Å². The van der Waals surface area contributed by atoms with Gasteiger partial charge in [-0.3, -0.25) is 0 Å². The molecule has 0 unspecified atom stereocenters. The summed E-state index contributed by atoms with van der Waals surface area (Å²) in [6, 6.07) is 0.247. The Morgan fingerprint density at radius 1 is 1.67 bits per heavy atom. The van der Waals surface area contributed by atoms with E-state index in [0.717, 1.165) is 19.4 Å². The summed E-state index contributed by atoms with van der Waals surface area (Å²) in [6.07, 6.45) is 3.06. The summed E-state index contributed by atoms with van der Waals surface area (Å²) in [7, 11) is 0. The molecular formula is C8H14ClNO2. The van der Waals surface area contributed by atoms with E-state index in [1.165, 1.54) is 6.42 Å². The average Bonchev–Trinajstić information content (AvgIpc) is 2.05. The number of piperidine rings is 1. The Hall–Kier alpha value is -0.440. The maximum absolute atomic E-state index is 11.2. The highest BCUT2D eigenvalue weighted by Gasteiger charge is 2.23. The van der Waals surface area contributed by atoms with Gasteiger partial charge in [0, 0.05) is 12.6 Å². The van der Waals surface area contributed by atoms with Crippen molar-refractivity contribution in [3.05, 3.63) is 0 Å². The molecule has 1 rings (SSSR count). The monoisotopic (exact) mass is 191 g/mol. The van der Waals surface area contributed by atoms with E-state index in [4.69, 9.17) is 16.3 Å². The van der Waals surface area contributed by atoms with Gasteiger partial charge in [0.25, 0.3) is 0 Å². The SMILES string of the molecule is C[C@@H]1CCCCN1C(=O)OCCl. The number of nitrogens with zero attached hydrogens (tertiary/aromatic N) is 1. The van der Waals surface area contributed by atoms with Crippen LogP contribution < -0.4 is 0 Å². The lowest BCUT2D eigenvalue weighted by molar-refractivity contribution is 0.0897. The molecule has 0 N–H and O–H groups in total. The molecule has 1 amide bonds. The molecule has 0 bridgehead atoms. The quantitative estimate of drug-likeness (QED) is 0.595. The Kier molecular flexibility index (Phi) is 3.66. The van der Waals surface area contributed by atoms with E-state index in [9.17, 15) is 4.79 Å². The van der Waals surface area contributed by atoms with Gasteiger partial charge in [-0.1, -0.05) is 11.6 Å². The standard InChI is InChI=1S/C8H14ClNO2/c1-7-4-2-3-5-10(7)8(11)12-6-9/h7H,2-6H2,1H3/t7-/m1/s1. The topological polar surface area (TPSA) is 29.5 Å². The molecule has 1 heterocycles. The number of likely N-dealkylation sites (tertiary alicyclic amines) is 1. The first-order chi connectivity index (χ1) is 5.75. The number of amides is 1. The van der Waals surface area contributed by atoms with Gasteiger partial charge in [-0.25, -0.2) is 4.79 Å². The lowest BCUT2D eigenvalue weighted by Gasteiger charge is -2.32. The molecule has 0 aromatic heterocycles. The van der Waals surface area contributed by atoms with Crippen molar-refractivity contribution < 1.29 is 9.53 Å². The van der Waals surface area contributed by atoms with Crippen molar-refractivity contribution in [2.45, 2.75) is 32.2 Å². The lowest BCUT2D eigenvalue weighted by Crippen LogP contribution is -2.42. The lowest BCUT2D eigenvalue weighted by atomic mass is 10.0. The van der Waals surface area contributed by atoms with Crippen molar-refractivity contribution in [2.75, 3.05) is 12.6 Å². The van der Waals surface area contributed by atoms with Gasteiger partial charge in [-0.15, -0.1) is 0 Å². The summed E-state index contributed by atoms with van der Waals surface area (Å²) in [4.78, 5) is 13.0. The van der Waals surface area contributed by atoms with Gasteiger partial charge in [0.1, 0.15) is 0 Å². The van der Waals surface area contributed by atoms with Crippen molar-refractivity contribution in [1.82, 2.24) is 4.90 Å². The van der Waals surface area contributed by atoms with E-state index in [0.29, 0.717) is 6.04 Å². The van der Waals surface area contributed by atoms with Crippen LogP contribution in [0.4, 0.5) is 4.79 Å². The molecule has 0 aromatic rings. The molecule has 70 valence electrons. The molecule has 0 saturated carbocycles. The summed E-state index contributed by atoms with van der Waals surface area (Å²) >= 11 is 5.29. The molecule has 0 aliphatic carbocycles. The van der Waals surface area contributed by atoms with Crippen LogP contribution in [0.1, 0.15) is 26.2 Å². The summed E-state index contributed by atoms with van der Waals surface area (Å²) in [6.45, 7) is 2.84. The normalized spacial score (nSPS) is 23.8. The second-order valence-electron chi connectivity index (χ2n) is 3.06. The highest BCUT2D eigenvalue weighted by molar-refractivity contribution is 6.17. The molecule has 12 heavy (non-hydrogen) atoms. The molecule has 1 aliphatic rings. The highest BCUT2D eigenvalue weighted by Crippen LogP contribution is 2.17. The van der Waals surface area contributed by atoms with Crippen LogP contribution in [0.3, 0.4) is 0 Å². The fourth-order valence-electron chi connectivity index (χ4n) is 1.50. The van der Waals surface area contributed by atoms with Gasteiger partial charge in [0.05, 0.1) is 0 Å². The van der Waals surface area contributed by atoms with Crippen LogP contribution in [-0.2, 0) is 4.74 Å². The number of alkyl halides is 1. The van der Waals surface area contributed by atoms with Gasteiger partial charge in [0.2, 0.25) is 0 Å². The molecule has 0 aromatic carbocycles. The van der Waals surface area contributed by atoms with Crippen LogP contribution in [0.25, 0.3) is 0 Å². The summed E-state index contributed by atoms with van der Waals surface area (Å²) in [5.41, 5.74) is 0. The third-order valence-electron chi connectivity index (χ3n) is 2.22. The van der Waals surface area contributed by atoms with Crippen molar-refractivity contribution in [3.8, 4) is 0 Å². The first-order valence-corrected chi connectivity index (χ1v) is 4.78. The van der Waals surface area contributed by atoms with E-state index in [-0.39, 0.29) is 12.2 Å². The van der Waals surface area contributed by atoms with Gasteiger partial charge in [0.15, 0.2) is 6.07 Å². The third kappa shape index (κ3) is 2.27. The van der Waals surface area contributed by atoms with Crippen LogP contribution in [0.5, 0.6) is 0 Å². The Morgan fingerprint density at radius 2 is 2.42 bits per heavy atom. The molecule has 3 nitrogen and oxygen atoms in total. The van der Waals surface area contributed by atoms with Crippen molar-refractivity contribution in [3.63, 3.8) is 0 Å². The highest BCUT2D eigenvalue weighted by atomic mass is 35.5. The minimum absolute atomic E-state index is 0.0535. The second kappa shape index (κ2) is 4.55. The molecular weight excluding hydrogens is 178 g/mol. The van der Waals surface area contributed by atoms with Crippen LogP contribution in [0.2, 0.25) is 0 Å². The first kappa shape index (κ1) is 9.65. The molecule has 4 heteroatoms. The van der Waals surface area contributed by atoms with Crippen LogP contribution >= 0.6 is 11.6 Å². The minimum atomic E-state index is -0.280. The van der Waals surface area contributed by atoms with E-state index in [2.05, 4.69) is 0 Å². The predicted molar refractivity (Wildman–Crippen MR) is 47.2 cm³/mol. The maximum Gasteiger partial charge on any atom is 0.411 e. The number of hydrogen-bond acceptors (Lipinski definition) is 2. The number of carbonyl (C=O) groups excluding carboxylic acids is 1. The van der Waals surface area contributed by atoms with Crippen molar-refractivity contribution >= 4 is 17.7 Å². The minimum Gasteiger partial charge on any atom is -0.433 e. The molecule has 1 saturated heterocycles. The van der Waals surface area contributed by atoms with Crippen LogP contribution in [0.15, 0.2) is 0 Å². The third-order valence-corrected chi connectivity index (χ3v) is 2.32. The van der Waals surface area contributed by atoms with Gasteiger partial charge in [-0.2, -0.15) is 0 Å². The summed E-state index contributed by atoms with van der Waals surface area (Å²) in [5, 5.41) is 0. The van der Waals surface area contributed by atoms with Crippen molar-refractivity contribution in [1.29, 1.82) is 0 Å². The fourth-order valence-corrected chi connectivity index (χ4v) is 1.59. The smallest absolute Gasteiger partial charge is 0.411 e. The predicted octanol–water partition coefficient (Wildman–Crippen LogP) is 2.19. The molecule has 0 spiro atoms. The zero-order valence-electron chi connectivity index (χ0n) is 7.25. The molecule has 0 radical (unpaired) electrons. The largest absolute Gasteiger partial charge is 0.433 e. The van der Waals surface area contributed by atoms with E-state index in [1.54, 1.807) is 4.90 Å². The van der Waals surface area contributed by atoms with Gasteiger partial charge in [-0.05, 0) is 26.2 Å². The van der Waals surface area contributed by atoms with Gasteiger partial charge >= 0.3 is 6.09 Å². The van der Waals surface area contributed by atoms with Crippen molar-refractivity contribution in [2.24, 2.45) is 0 Å². The molecule has 1 atom stereocenters. The number of halogens is 1. The Bertz CT molecular complexity index is 163. The number of rotatable bonds is 1. The number of hydrogen-bond donors (Lipinski definition) is 0. The summed E-state index contributed by atoms with van der Waals surface area (Å²) < 4.78 is 4.70. The Labute approximate surface area is 77.6 Å². The zero-order chi connectivity index (χ0) is 8.97. The zero-order valence-corrected chi connectivity index (χ0v) is 8.01. The fraction of sp³-hybridized carbons (Fsp3) is 0.875. The molecule has 1 fully saturated rings. The molecule has 1 aliphatic heterocycles. The first-order valence-electron chi connectivity index (χ1n) is 4.25. The van der Waals surface area contributed by atoms with E-state index in [1.807, 2.05) is 6.92 Å². The maximum atomic E-state index is 11.2. The average molecular weight is 192 g/mol.